The number of methoxy groups -OCH3 is 1. The maximum Gasteiger partial charge on any atom is 0.416 e. The lowest BCUT2D eigenvalue weighted by atomic mass is 9.75. The van der Waals surface area contributed by atoms with Crippen molar-refractivity contribution in [3.8, 4) is 0 Å². The van der Waals surface area contributed by atoms with Gasteiger partial charge in [-0.3, -0.25) is 0 Å². The average molecular weight is 377 g/mol. The van der Waals surface area contributed by atoms with E-state index < -0.39 is 11.7 Å². The third-order valence-corrected chi connectivity index (χ3v) is 5.38. The molecule has 2 rings (SSSR count). The number of ether oxygens (including phenoxy) is 1. The van der Waals surface area contributed by atoms with Gasteiger partial charge in [-0.1, -0.05) is 31.4 Å². The molecule has 7 heteroatoms. The highest BCUT2D eigenvalue weighted by molar-refractivity contribution is 7.93. The van der Waals surface area contributed by atoms with Gasteiger partial charge in [0.05, 0.1) is 5.56 Å². The number of benzene rings is 1. The molecule has 2 N–H and O–H groups in total. The zero-order chi connectivity index (χ0) is 18.3. The molecule has 0 aromatic heterocycles. The van der Waals surface area contributed by atoms with Gasteiger partial charge in [-0.05, 0) is 55.5 Å². The van der Waals surface area contributed by atoms with E-state index in [9.17, 15) is 13.2 Å². The summed E-state index contributed by atoms with van der Waals surface area (Å²) in [6, 6.07) is 5.30. The Morgan fingerprint density at radius 3 is 2.36 bits per heavy atom. The van der Waals surface area contributed by atoms with E-state index in [1.807, 2.05) is 0 Å². The van der Waals surface area contributed by atoms with E-state index in [1.165, 1.54) is 18.6 Å². The molecular weight excluding hydrogens is 351 g/mol. The molecule has 1 aliphatic rings. The van der Waals surface area contributed by atoms with Crippen molar-refractivity contribution >= 4 is 12.0 Å². The molecule has 1 aromatic carbocycles. The summed E-state index contributed by atoms with van der Waals surface area (Å²) in [5, 5.41) is 3.59. The van der Waals surface area contributed by atoms with Crippen molar-refractivity contribution in [1.29, 1.82) is 0 Å². The van der Waals surface area contributed by atoms with Crippen LogP contribution in [0.1, 0.15) is 55.8 Å². The summed E-state index contributed by atoms with van der Waals surface area (Å²) in [5.41, 5.74) is -0.148. The summed E-state index contributed by atoms with van der Waals surface area (Å²) in [6.45, 7) is 0.744. The van der Waals surface area contributed by atoms with Crippen molar-refractivity contribution in [1.82, 2.24) is 5.32 Å². The van der Waals surface area contributed by atoms with Crippen molar-refractivity contribution in [3.63, 3.8) is 0 Å². The van der Waals surface area contributed by atoms with Gasteiger partial charge in [0.25, 0.3) is 0 Å². The van der Waals surface area contributed by atoms with Gasteiger partial charge >= 0.3 is 6.18 Å². The Balaban J connectivity index is 2.20. The molecule has 0 aliphatic heterocycles. The predicted octanol–water partition coefficient (Wildman–Crippen LogP) is 5.28. The van der Waals surface area contributed by atoms with E-state index in [4.69, 9.17) is 9.29 Å². The summed E-state index contributed by atoms with van der Waals surface area (Å²) in [4.78, 5) is 0. The minimum Gasteiger partial charge on any atom is -0.375 e. The Kier molecular flexibility index (Phi) is 7.61. The van der Waals surface area contributed by atoms with Gasteiger partial charge in [0.15, 0.2) is 0 Å². The summed E-state index contributed by atoms with van der Waals surface area (Å²) in [7, 11) is 1.62. The normalized spacial score (nSPS) is 18.9. The number of hydrogen-bond acceptors (Lipinski definition) is 4. The molecule has 1 atom stereocenters. The Labute approximate surface area is 151 Å². The van der Waals surface area contributed by atoms with Crippen LogP contribution in [0.25, 0.3) is 0 Å². The van der Waals surface area contributed by atoms with Crippen LogP contribution in [0.15, 0.2) is 24.3 Å². The summed E-state index contributed by atoms with van der Waals surface area (Å²) in [6.07, 6.45) is 1.37. The molecule has 0 saturated heterocycles. The lowest BCUT2D eigenvalue weighted by Crippen LogP contribution is -2.52. The topological polar surface area (TPSA) is 41.5 Å². The second-order valence-corrected chi connectivity index (χ2v) is 7.23. The molecule has 0 bridgehead atoms. The third kappa shape index (κ3) is 5.36. The molecule has 1 saturated carbocycles. The van der Waals surface area contributed by atoms with Crippen LogP contribution in [0.3, 0.4) is 0 Å². The first-order valence-corrected chi connectivity index (χ1v) is 9.58. The minimum atomic E-state index is -4.33. The molecule has 142 valence electrons. The molecule has 1 aliphatic carbocycles. The molecule has 0 heterocycles. The van der Waals surface area contributed by atoms with E-state index in [1.54, 1.807) is 7.11 Å². The molecule has 0 amide bonds. The summed E-state index contributed by atoms with van der Waals surface area (Å²) >= 11 is 0.824. The van der Waals surface area contributed by atoms with Crippen LogP contribution in [-0.4, -0.2) is 29.5 Å². The van der Waals surface area contributed by atoms with Gasteiger partial charge in [0, 0.05) is 18.4 Å². The lowest BCUT2D eigenvalue weighted by Gasteiger charge is -2.44. The largest absolute Gasteiger partial charge is 0.416 e. The van der Waals surface area contributed by atoms with E-state index >= 15 is 0 Å². The highest BCUT2D eigenvalue weighted by Gasteiger charge is 2.41. The Bertz CT molecular complexity index is 516. The first-order chi connectivity index (χ1) is 11.9. The molecule has 0 spiro atoms. The monoisotopic (exact) mass is 377 g/mol. The standard InChI is InChI=1S/C18H26F3NO2S/c1-24-16(14-6-8-15(9-7-14)18(19,20)21)17(10-3-2-4-11-17)22-12-5-13-25-23/h6-9,16,22-23H,2-5,10-13H2,1H3. The first kappa shape index (κ1) is 20.6. The van der Waals surface area contributed by atoms with Crippen molar-refractivity contribution in [2.75, 3.05) is 19.4 Å². The fourth-order valence-corrected chi connectivity index (χ4v) is 3.99. The Morgan fingerprint density at radius 1 is 1.20 bits per heavy atom. The highest BCUT2D eigenvalue weighted by Crippen LogP contribution is 2.41. The summed E-state index contributed by atoms with van der Waals surface area (Å²) < 4.78 is 53.0. The van der Waals surface area contributed by atoms with Crippen LogP contribution in [0.2, 0.25) is 0 Å². The second kappa shape index (κ2) is 9.26. The molecule has 1 aromatic rings. The van der Waals surface area contributed by atoms with E-state index in [0.29, 0.717) is 5.75 Å². The minimum absolute atomic E-state index is 0.271. The zero-order valence-corrected chi connectivity index (χ0v) is 15.3. The zero-order valence-electron chi connectivity index (χ0n) is 14.4. The highest BCUT2D eigenvalue weighted by atomic mass is 32.2. The van der Waals surface area contributed by atoms with Crippen LogP contribution in [0.5, 0.6) is 0 Å². The third-order valence-electron chi connectivity index (χ3n) is 4.91. The van der Waals surface area contributed by atoms with Crippen molar-refractivity contribution in [2.45, 2.75) is 56.3 Å². The number of hydrogen-bond donors (Lipinski definition) is 2. The molecule has 3 nitrogen and oxygen atoms in total. The number of halogens is 3. The fourth-order valence-electron chi connectivity index (χ4n) is 3.72. The Hall–Kier alpha value is -0.760. The van der Waals surface area contributed by atoms with E-state index in [-0.39, 0.29) is 11.6 Å². The summed E-state index contributed by atoms with van der Waals surface area (Å²) in [5.74, 6) is 0.654. The fraction of sp³-hybridized carbons (Fsp3) is 0.667. The van der Waals surface area contributed by atoms with Gasteiger partial charge in [-0.2, -0.15) is 13.2 Å². The van der Waals surface area contributed by atoms with Gasteiger partial charge in [0.1, 0.15) is 6.10 Å². The number of alkyl halides is 3. The maximum atomic E-state index is 12.8. The number of rotatable bonds is 8. The smallest absolute Gasteiger partial charge is 0.375 e. The van der Waals surface area contributed by atoms with Gasteiger partial charge in [-0.25, -0.2) is 0 Å². The van der Waals surface area contributed by atoms with Crippen LogP contribution in [0.4, 0.5) is 13.2 Å². The predicted molar refractivity (Wildman–Crippen MR) is 94.7 cm³/mol. The maximum absolute atomic E-state index is 12.8. The lowest BCUT2D eigenvalue weighted by molar-refractivity contribution is -0.137. The Morgan fingerprint density at radius 2 is 1.84 bits per heavy atom. The molecular formula is C18H26F3NO2S. The SMILES string of the molecule is COC(c1ccc(C(F)(F)F)cc1)C1(NCCCSO)CCCCC1. The second-order valence-electron chi connectivity index (χ2n) is 6.57. The molecule has 1 unspecified atom stereocenters. The van der Waals surface area contributed by atoms with E-state index in [2.05, 4.69) is 5.32 Å². The van der Waals surface area contributed by atoms with Crippen molar-refractivity contribution in [3.05, 3.63) is 35.4 Å². The molecule has 1 fully saturated rings. The van der Waals surface area contributed by atoms with Crippen LogP contribution in [0, 0.1) is 0 Å². The quantitative estimate of drug-likeness (QED) is 0.478. The van der Waals surface area contributed by atoms with Crippen LogP contribution >= 0.6 is 12.0 Å². The van der Waals surface area contributed by atoms with Crippen LogP contribution < -0.4 is 5.32 Å². The van der Waals surface area contributed by atoms with E-state index in [0.717, 1.165) is 68.4 Å². The van der Waals surface area contributed by atoms with Gasteiger partial charge in [0.2, 0.25) is 0 Å². The van der Waals surface area contributed by atoms with Crippen molar-refractivity contribution < 1.29 is 22.5 Å². The average Bonchev–Trinajstić information content (AvgIpc) is 2.60. The van der Waals surface area contributed by atoms with Gasteiger partial charge < -0.3 is 14.6 Å². The van der Waals surface area contributed by atoms with Crippen LogP contribution in [-0.2, 0) is 10.9 Å². The number of nitrogens with one attached hydrogen (secondary N) is 1. The molecule has 0 radical (unpaired) electrons. The molecule has 25 heavy (non-hydrogen) atoms. The first-order valence-electron chi connectivity index (χ1n) is 8.64. The van der Waals surface area contributed by atoms with Gasteiger partial charge in [-0.15, -0.1) is 0 Å². The van der Waals surface area contributed by atoms with Crippen molar-refractivity contribution in [2.24, 2.45) is 0 Å².